The zero-order valence-corrected chi connectivity index (χ0v) is 19.5. The number of benzene rings is 2. The Bertz CT molecular complexity index is 1280. The van der Waals surface area contributed by atoms with Crippen molar-refractivity contribution < 1.29 is 24.2 Å². The second-order valence-electron chi connectivity index (χ2n) is 8.20. The molecule has 1 saturated heterocycles. The number of methoxy groups -OCH3 is 2. The van der Waals surface area contributed by atoms with Gasteiger partial charge in [0.1, 0.15) is 17.3 Å². The smallest absolute Gasteiger partial charge is 0.295 e. The molecule has 7 heteroatoms. The number of likely N-dealkylation sites (tertiary alicyclic amines) is 1. The average Bonchev–Trinajstić information content (AvgIpc) is 3.10. The van der Waals surface area contributed by atoms with Gasteiger partial charge in [0, 0.05) is 24.5 Å². The predicted octanol–water partition coefficient (Wildman–Crippen LogP) is 4.34. The van der Waals surface area contributed by atoms with Crippen LogP contribution >= 0.6 is 0 Å². The number of aliphatic hydroxyl groups is 1. The van der Waals surface area contributed by atoms with Gasteiger partial charge >= 0.3 is 0 Å². The van der Waals surface area contributed by atoms with Gasteiger partial charge in [0.15, 0.2) is 0 Å². The zero-order valence-electron chi connectivity index (χ0n) is 19.5. The minimum atomic E-state index is -0.768. The number of hydrogen-bond donors (Lipinski definition) is 1. The lowest BCUT2D eigenvalue weighted by Crippen LogP contribution is -2.29. The van der Waals surface area contributed by atoms with Gasteiger partial charge in [-0.3, -0.25) is 14.6 Å². The Morgan fingerprint density at radius 3 is 2.41 bits per heavy atom. The summed E-state index contributed by atoms with van der Waals surface area (Å²) >= 11 is 0. The average molecular weight is 459 g/mol. The van der Waals surface area contributed by atoms with E-state index in [0.717, 1.165) is 16.7 Å². The molecule has 2 aromatic carbocycles. The Labute approximate surface area is 198 Å². The number of nitrogens with zero attached hydrogens (tertiary/aromatic N) is 2. The van der Waals surface area contributed by atoms with E-state index in [1.807, 2.05) is 38.1 Å². The molecule has 0 bridgehead atoms. The van der Waals surface area contributed by atoms with Crippen LogP contribution in [0.25, 0.3) is 5.76 Å². The van der Waals surface area contributed by atoms with Crippen LogP contribution in [0.3, 0.4) is 0 Å². The summed E-state index contributed by atoms with van der Waals surface area (Å²) in [5.41, 5.74) is 3.55. The SMILES string of the molecule is COc1cccc(CN2C(=O)C(=O)/C(=C(/O)c3cc(C)c(OC)cc3C)C2c2ccncc2)c1. The number of aromatic nitrogens is 1. The van der Waals surface area contributed by atoms with Crippen molar-refractivity contribution in [3.63, 3.8) is 0 Å². The molecule has 2 heterocycles. The fourth-order valence-electron chi connectivity index (χ4n) is 4.31. The fourth-order valence-corrected chi connectivity index (χ4v) is 4.31. The molecule has 1 unspecified atom stereocenters. The van der Waals surface area contributed by atoms with Crippen molar-refractivity contribution in [2.24, 2.45) is 0 Å². The molecular weight excluding hydrogens is 432 g/mol. The summed E-state index contributed by atoms with van der Waals surface area (Å²) in [7, 11) is 3.15. The van der Waals surface area contributed by atoms with E-state index in [2.05, 4.69) is 4.98 Å². The van der Waals surface area contributed by atoms with Crippen molar-refractivity contribution in [2.75, 3.05) is 14.2 Å². The van der Waals surface area contributed by atoms with Gasteiger partial charge < -0.3 is 19.5 Å². The monoisotopic (exact) mass is 458 g/mol. The Balaban J connectivity index is 1.87. The predicted molar refractivity (Wildman–Crippen MR) is 128 cm³/mol. The number of Topliss-reactive ketones (excluding diaryl/α,β-unsaturated/α-hetero) is 1. The highest BCUT2D eigenvalue weighted by atomic mass is 16.5. The molecule has 7 nitrogen and oxygen atoms in total. The first kappa shape index (κ1) is 23.0. The lowest BCUT2D eigenvalue weighted by molar-refractivity contribution is -0.140. The first-order chi connectivity index (χ1) is 16.3. The van der Waals surface area contributed by atoms with Gasteiger partial charge in [-0.25, -0.2) is 0 Å². The molecule has 1 N–H and O–H groups in total. The highest BCUT2D eigenvalue weighted by Crippen LogP contribution is 2.41. The quantitative estimate of drug-likeness (QED) is 0.336. The maximum absolute atomic E-state index is 13.3. The number of ether oxygens (including phenoxy) is 2. The third-order valence-corrected chi connectivity index (χ3v) is 6.05. The molecule has 4 rings (SSSR count). The van der Waals surface area contributed by atoms with Gasteiger partial charge in [-0.15, -0.1) is 0 Å². The standard InChI is InChI=1S/C27H26N2O5/c1-16-13-22(34-4)17(2)12-21(16)25(30)23-24(19-8-10-28-11-9-19)29(27(32)26(23)31)15-18-6-5-7-20(14-18)33-3/h5-14,24,30H,15H2,1-4H3/b25-23+. The van der Waals surface area contributed by atoms with Gasteiger partial charge in [0.25, 0.3) is 11.7 Å². The molecule has 0 saturated carbocycles. The normalized spacial score (nSPS) is 17.2. The van der Waals surface area contributed by atoms with Crippen molar-refractivity contribution in [1.82, 2.24) is 9.88 Å². The molecule has 1 aromatic heterocycles. The minimum Gasteiger partial charge on any atom is -0.507 e. The third-order valence-electron chi connectivity index (χ3n) is 6.05. The lowest BCUT2D eigenvalue weighted by atomic mass is 9.93. The van der Waals surface area contributed by atoms with E-state index in [9.17, 15) is 14.7 Å². The molecule has 0 radical (unpaired) electrons. The lowest BCUT2D eigenvalue weighted by Gasteiger charge is -2.25. The number of amides is 1. The van der Waals surface area contributed by atoms with Crippen molar-refractivity contribution in [3.8, 4) is 11.5 Å². The van der Waals surface area contributed by atoms with Crippen LogP contribution in [-0.2, 0) is 16.1 Å². The highest BCUT2D eigenvalue weighted by Gasteiger charge is 2.46. The van der Waals surface area contributed by atoms with Gasteiger partial charge in [0.2, 0.25) is 0 Å². The van der Waals surface area contributed by atoms with Crippen molar-refractivity contribution in [3.05, 3.63) is 94.3 Å². The van der Waals surface area contributed by atoms with Crippen LogP contribution in [0.1, 0.15) is 33.9 Å². The number of hydrogen-bond acceptors (Lipinski definition) is 6. The van der Waals surface area contributed by atoms with E-state index < -0.39 is 17.7 Å². The number of carbonyl (C=O) groups is 2. The Kier molecular flexibility index (Phi) is 6.36. The molecule has 1 atom stereocenters. The number of carbonyl (C=O) groups excluding carboxylic acids is 2. The summed E-state index contributed by atoms with van der Waals surface area (Å²) in [4.78, 5) is 32.0. The fraction of sp³-hybridized carbons (Fsp3) is 0.222. The van der Waals surface area contributed by atoms with E-state index in [-0.39, 0.29) is 17.9 Å². The minimum absolute atomic E-state index is 0.0479. The molecule has 174 valence electrons. The summed E-state index contributed by atoms with van der Waals surface area (Å²) in [6.45, 7) is 3.85. The number of aryl methyl sites for hydroxylation is 2. The van der Waals surface area contributed by atoms with Crippen LogP contribution in [0.2, 0.25) is 0 Å². The first-order valence-corrected chi connectivity index (χ1v) is 10.8. The van der Waals surface area contributed by atoms with E-state index in [0.29, 0.717) is 22.6 Å². The van der Waals surface area contributed by atoms with Crippen LogP contribution in [0, 0.1) is 13.8 Å². The molecule has 0 aliphatic carbocycles. The maximum Gasteiger partial charge on any atom is 0.295 e. The van der Waals surface area contributed by atoms with Crippen LogP contribution in [-0.4, -0.2) is 40.9 Å². The van der Waals surface area contributed by atoms with Crippen molar-refractivity contribution >= 4 is 17.4 Å². The number of rotatable bonds is 6. The summed E-state index contributed by atoms with van der Waals surface area (Å²) in [6, 6.07) is 13.6. The van der Waals surface area contributed by atoms with Gasteiger partial charge in [0.05, 0.1) is 25.8 Å². The number of pyridine rings is 1. The molecule has 1 aliphatic heterocycles. The maximum atomic E-state index is 13.3. The third kappa shape index (κ3) is 4.12. The van der Waals surface area contributed by atoms with Gasteiger partial charge in [-0.05, 0) is 72.5 Å². The molecule has 1 amide bonds. The summed E-state index contributed by atoms with van der Waals surface area (Å²) in [6.07, 6.45) is 3.20. The molecule has 1 aliphatic rings. The number of aliphatic hydroxyl groups excluding tert-OH is 1. The van der Waals surface area contributed by atoms with Crippen LogP contribution in [0.15, 0.2) is 66.5 Å². The van der Waals surface area contributed by atoms with Crippen LogP contribution in [0.4, 0.5) is 0 Å². The molecule has 3 aromatic rings. The summed E-state index contributed by atoms with van der Waals surface area (Å²) in [5.74, 6) is -0.280. The van der Waals surface area contributed by atoms with Crippen molar-refractivity contribution in [2.45, 2.75) is 26.4 Å². The molecule has 34 heavy (non-hydrogen) atoms. The second-order valence-corrected chi connectivity index (χ2v) is 8.20. The molecule has 1 fully saturated rings. The molecule has 0 spiro atoms. The zero-order chi connectivity index (χ0) is 24.4. The van der Waals surface area contributed by atoms with E-state index in [4.69, 9.17) is 9.47 Å². The van der Waals surface area contributed by atoms with Crippen LogP contribution < -0.4 is 9.47 Å². The van der Waals surface area contributed by atoms with E-state index in [1.54, 1.807) is 50.9 Å². The van der Waals surface area contributed by atoms with Crippen LogP contribution in [0.5, 0.6) is 11.5 Å². The van der Waals surface area contributed by atoms with Gasteiger partial charge in [-0.2, -0.15) is 0 Å². The number of ketones is 1. The highest BCUT2D eigenvalue weighted by molar-refractivity contribution is 6.46. The first-order valence-electron chi connectivity index (χ1n) is 10.8. The van der Waals surface area contributed by atoms with Crippen molar-refractivity contribution in [1.29, 1.82) is 0 Å². The topological polar surface area (TPSA) is 89.0 Å². The largest absolute Gasteiger partial charge is 0.507 e. The second kappa shape index (κ2) is 9.39. The van der Waals surface area contributed by atoms with E-state index in [1.165, 1.54) is 4.90 Å². The van der Waals surface area contributed by atoms with E-state index >= 15 is 0 Å². The summed E-state index contributed by atoms with van der Waals surface area (Å²) < 4.78 is 10.7. The summed E-state index contributed by atoms with van der Waals surface area (Å²) in [5, 5.41) is 11.4. The Morgan fingerprint density at radius 1 is 1.00 bits per heavy atom. The van der Waals surface area contributed by atoms with Gasteiger partial charge in [-0.1, -0.05) is 12.1 Å². The Morgan fingerprint density at radius 2 is 1.74 bits per heavy atom. The molecular formula is C27H26N2O5. The Hall–Kier alpha value is -4.13.